The molecular formula is C23H27NO4S. The molecule has 0 saturated heterocycles. The fourth-order valence-corrected chi connectivity index (χ4v) is 3.77. The summed E-state index contributed by atoms with van der Waals surface area (Å²) in [5.74, 6) is -0.619. The van der Waals surface area contributed by atoms with Crippen LogP contribution in [0.4, 0.5) is 5.69 Å². The molecule has 5 nitrogen and oxygen atoms in total. The molecule has 1 amide bonds. The molecule has 0 unspecified atom stereocenters. The van der Waals surface area contributed by atoms with Gasteiger partial charge in [0, 0.05) is 23.3 Å². The van der Waals surface area contributed by atoms with E-state index < -0.39 is 5.97 Å². The van der Waals surface area contributed by atoms with Crippen LogP contribution in [0, 0.1) is 12.3 Å². The van der Waals surface area contributed by atoms with Gasteiger partial charge in [-0.05, 0) is 42.2 Å². The molecule has 0 spiro atoms. The van der Waals surface area contributed by atoms with Gasteiger partial charge in [0.25, 0.3) is 0 Å². The number of anilines is 1. The van der Waals surface area contributed by atoms with Gasteiger partial charge in [-0.15, -0.1) is 0 Å². The average molecular weight is 414 g/mol. The van der Waals surface area contributed by atoms with Crippen LogP contribution < -0.4 is 5.32 Å². The largest absolute Gasteiger partial charge is 0.478 e. The molecule has 0 bridgehead atoms. The van der Waals surface area contributed by atoms with E-state index in [1.807, 2.05) is 45.0 Å². The molecule has 2 aromatic carbocycles. The van der Waals surface area contributed by atoms with Gasteiger partial charge in [0.1, 0.15) is 0 Å². The van der Waals surface area contributed by atoms with Crippen LogP contribution in [0.25, 0.3) is 0 Å². The maximum absolute atomic E-state index is 12.4. The summed E-state index contributed by atoms with van der Waals surface area (Å²) in [7, 11) is 0. The number of nitrogens with one attached hydrogen (secondary N) is 1. The normalized spacial score (nSPS) is 11.2. The van der Waals surface area contributed by atoms with Crippen molar-refractivity contribution in [3.63, 3.8) is 0 Å². The second-order valence-electron chi connectivity index (χ2n) is 7.93. The molecule has 154 valence electrons. The van der Waals surface area contributed by atoms with Gasteiger partial charge in [0.05, 0.1) is 5.56 Å². The minimum Gasteiger partial charge on any atom is -0.478 e. The number of thioether (sulfide) groups is 1. The van der Waals surface area contributed by atoms with Crippen molar-refractivity contribution in [3.8, 4) is 0 Å². The number of carboxylic acid groups (broad SMARTS) is 1. The van der Waals surface area contributed by atoms with Gasteiger partial charge in [-0.3, -0.25) is 9.59 Å². The summed E-state index contributed by atoms with van der Waals surface area (Å²) >= 11 is 1.30. The Balaban J connectivity index is 2.00. The molecule has 6 heteroatoms. The zero-order chi connectivity index (χ0) is 21.6. The lowest BCUT2D eigenvalue weighted by Crippen LogP contribution is -2.17. The van der Waals surface area contributed by atoms with Gasteiger partial charge in [-0.1, -0.05) is 62.9 Å². The van der Waals surface area contributed by atoms with E-state index in [0.29, 0.717) is 23.4 Å². The highest BCUT2D eigenvalue weighted by molar-refractivity contribution is 8.13. The number of amides is 1. The fraction of sp³-hybridized carbons (Fsp3) is 0.348. The van der Waals surface area contributed by atoms with Crippen LogP contribution in [0.2, 0.25) is 0 Å². The van der Waals surface area contributed by atoms with E-state index in [0.717, 1.165) is 11.1 Å². The van der Waals surface area contributed by atoms with Crippen LogP contribution >= 0.6 is 11.8 Å². The number of benzene rings is 2. The lowest BCUT2D eigenvalue weighted by Gasteiger charge is -2.16. The summed E-state index contributed by atoms with van der Waals surface area (Å²) in [4.78, 5) is 35.8. The van der Waals surface area contributed by atoms with Crippen LogP contribution in [0.15, 0.2) is 42.5 Å². The van der Waals surface area contributed by atoms with Crippen molar-refractivity contribution in [2.24, 2.45) is 5.41 Å². The minimum absolute atomic E-state index is 0.138. The summed E-state index contributed by atoms with van der Waals surface area (Å²) < 4.78 is 0. The Morgan fingerprint density at radius 1 is 1.00 bits per heavy atom. The van der Waals surface area contributed by atoms with E-state index in [-0.39, 0.29) is 28.4 Å². The maximum Gasteiger partial charge on any atom is 0.336 e. The van der Waals surface area contributed by atoms with Crippen LogP contribution in [-0.2, 0) is 21.8 Å². The highest BCUT2D eigenvalue weighted by Crippen LogP contribution is 2.27. The molecule has 2 N–H and O–H groups in total. The lowest BCUT2D eigenvalue weighted by molar-refractivity contribution is -0.117. The average Bonchev–Trinajstić information content (AvgIpc) is 2.65. The summed E-state index contributed by atoms with van der Waals surface area (Å²) in [6, 6.07) is 12.6. The number of rotatable bonds is 7. The second-order valence-corrected chi connectivity index (χ2v) is 8.87. The van der Waals surface area contributed by atoms with Crippen LogP contribution in [0.5, 0.6) is 0 Å². The van der Waals surface area contributed by atoms with Crippen molar-refractivity contribution in [1.29, 1.82) is 0 Å². The standard InChI is InChI=1S/C23H27NO4S/c1-15-18(21(26)27)10-7-11-19(15)24-20(25)13-12-16-8-5-6-9-17(16)14-29-22(28)23(2,3)4/h5-11H,12-14H2,1-4H3,(H,24,25)(H,26,27). The Bertz CT molecular complexity index is 915. The first kappa shape index (κ1) is 22.7. The molecular weight excluding hydrogens is 386 g/mol. The molecule has 0 fully saturated rings. The van der Waals surface area contributed by atoms with Gasteiger partial charge in [0.15, 0.2) is 5.12 Å². The van der Waals surface area contributed by atoms with E-state index in [9.17, 15) is 19.5 Å². The van der Waals surface area contributed by atoms with Crippen LogP contribution in [0.1, 0.15) is 54.2 Å². The van der Waals surface area contributed by atoms with Crippen molar-refractivity contribution >= 4 is 34.4 Å². The number of carbonyl (C=O) groups is 3. The van der Waals surface area contributed by atoms with Crippen LogP contribution in [0.3, 0.4) is 0 Å². The molecule has 29 heavy (non-hydrogen) atoms. The third-order valence-electron chi connectivity index (χ3n) is 4.55. The first-order valence-corrected chi connectivity index (χ1v) is 10.4. The summed E-state index contributed by atoms with van der Waals surface area (Å²) in [5, 5.41) is 12.1. The first-order valence-electron chi connectivity index (χ1n) is 9.46. The van der Waals surface area contributed by atoms with Crippen molar-refractivity contribution in [2.45, 2.75) is 46.3 Å². The topological polar surface area (TPSA) is 83.5 Å². The Hall–Kier alpha value is -2.60. The van der Waals surface area contributed by atoms with Crippen molar-refractivity contribution < 1.29 is 19.5 Å². The van der Waals surface area contributed by atoms with Crippen molar-refractivity contribution in [2.75, 3.05) is 5.32 Å². The summed E-state index contributed by atoms with van der Waals surface area (Å²) in [6.07, 6.45) is 0.815. The number of aryl methyl sites for hydroxylation is 1. The molecule has 0 aliphatic rings. The number of carboxylic acids is 1. The highest BCUT2D eigenvalue weighted by atomic mass is 32.2. The number of hydrogen-bond acceptors (Lipinski definition) is 4. The van der Waals surface area contributed by atoms with Crippen molar-refractivity contribution in [3.05, 3.63) is 64.7 Å². The molecule has 0 heterocycles. The predicted molar refractivity (Wildman–Crippen MR) is 117 cm³/mol. The maximum atomic E-state index is 12.4. The number of hydrogen-bond donors (Lipinski definition) is 2. The van der Waals surface area contributed by atoms with Gasteiger partial charge in [-0.2, -0.15) is 0 Å². The minimum atomic E-state index is -1.02. The third kappa shape index (κ3) is 6.46. The third-order valence-corrected chi connectivity index (χ3v) is 5.88. The first-order chi connectivity index (χ1) is 13.6. The highest BCUT2D eigenvalue weighted by Gasteiger charge is 2.22. The predicted octanol–water partition coefficient (Wildman–Crippen LogP) is 5.07. The number of aromatic carboxylic acids is 1. The van der Waals surface area contributed by atoms with E-state index in [1.54, 1.807) is 19.1 Å². The monoisotopic (exact) mass is 413 g/mol. The van der Waals surface area contributed by atoms with Gasteiger partial charge < -0.3 is 10.4 Å². The Morgan fingerprint density at radius 2 is 1.66 bits per heavy atom. The van der Waals surface area contributed by atoms with E-state index >= 15 is 0 Å². The molecule has 2 aromatic rings. The quantitative estimate of drug-likeness (QED) is 0.662. The molecule has 0 aromatic heterocycles. The summed E-state index contributed by atoms with van der Waals surface area (Å²) in [6.45, 7) is 7.39. The lowest BCUT2D eigenvalue weighted by atomic mass is 10.00. The van der Waals surface area contributed by atoms with Crippen LogP contribution in [-0.4, -0.2) is 22.1 Å². The zero-order valence-corrected chi connectivity index (χ0v) is 18.1. The van der Waals surface area contributed by atoms with Gasteiger partial charge in [-0.25, -0.2) is 4.79 Å². The Labute approximate surface area is 175 Å². The second kappa shape index (κ2) is 9.74. The molecule has 0 aliphatic heterocycles. The van der Waals surface area contributed by atoms with Gasteiger partial charge in [0.2, 0.25) is 5.91 Å². The number of carbonyl (C=O) groups excluding carboxylic acids is 2. The molecule has 0 atom stereocenters. The van der Waals surface area contributed by atoms with E-state index in [2.05, 4.69) is 5.32 Å². The SMILES string of the molecule is Cc1c(NC(=O)CCc2ccccc2CSC(=O)C(C)(C)C)cccc1C(=O)O. The molecule has 0 aliphatic carbocycles. The zero-order valence-electron chi connectivity index (χ0n) is 17.2. The van der Waals surface area contributed by atoms with Gasteiger partial charge >= 0.3 is 5.97 Å². The van der Waals surface area contributed by atoms with E-state index in [1.165, 1.54) is 17.8 Å². The Kier molecular flexibility index (Phi) is 7.62. The van der Waals surface area contributed by atoms with E-state index in [4.69, 9.17) is 0 Å². The molecule has 0 radical (unpaired) electrons. The molecule has 2 rings (SSSR count). The Morgan fingerprint density at radius 3 is 2.28 bits per heavy atom. The van der Waals surface area contributed by atoms with Crippen molar-refractivity contribution in [1.82, 2.24) is 0 Å². The summed E-state index contributed by atoms with van der Waals surface area (Å²) in [5.41, 5.74) is 2.91. The fourth-order valence-electron chi connectivity index (χ4n) is 2.77. The smallest absolute Gasteiger partial charge is 0.336 e. The molecule has 0 saturated carbocycles.